The van der Waals surface area contributed by atoms with E-state index in [2.05, 4.69) is 41.7 Å². The molecule has 0 aromatic carbocycles. The molecule has 190 valence electrons. The molecule has 0 amide bonds. The van der Waals surface area contributed by atoms with Crippen molar-refractivity contribution in [2.75, 3.05) is 6.61 Å². The van der Waals surface area contributed by atoms with Crippen LogP contribution in [0.15, 0.2) is 42.7 Å². The first-order valence-corrected chi connectivity index (χ1v) is 13.5. The van der Waals surface area contributed by atoms with Gasteiger partial charge in [0, 0.05) is 24.1 Å². The number of aryl methyl sites for hydroxylation is 1. The molecule has 0 bridgehead atoms. The Balaban J connectivity index is 0.0000102. The van der Waals surface area contributed by atoms with Crippen LogP contribution in [0.2, 0.25) is 0 Å². The first-order valence-electron chi connectivity index (χ1n) is 13.5. The number of unbranched alkanes of at least 4 members (excludes halogenated alkanes) is 17. The molecule has 0 aliphatic rings. The van der Waals surface area contributed by atoms with E-state index in [1.807, 2.05) is 0 Å². The van der Waals surface area contributed by atoms with E-state index in [9.17, 15) is 4.79 Å². The Hall–Kier alpha value is -1.35. The molecule has 0 spiro atoms. The molecule has 0 aliphatic carbocycles. The van der Waals surface area contributed by atoms with Crippen molar-refractivity contribution in [3.63, 3.8) is 0 Å². The highest BCUT2D eigenvalue weighted by atomic mass is 35.5. The van der Waals surface area contributed by atoms with Gasteiger partial charge in [-0.15, -0.1) is 0 Å². The number of esters is 1. The third-order valence-corrected chi connectivity index (χ3v) is 6.17. The van der Waals surface area contributed by atoms with Gasteiger partial charge in [-0.05, 0) is 19.8 Å². The second-order valence-corrected chi connectivity index (χ2v) is 9.39. The molecular formula is C29H50ClNO2. The first kappa shape index (κ1) is 31.6. The van der Waals surface area contributed by atoms with Gasteiger partial charge in [-0.3, -0.25) is 0 Å². The zero-order valence-electron chi connectivity index (χ0n) is 21.4. The van der Waals surface area contributed by atoms with E-state index in [1.54, 1.807) is 6.92 Å². The van der Waals surface area contributed by atoms with Crippen molar-refractivity contribution >= 4 is 5.97 Å². The average molecular weight is 480 g/mol. The van der Waals surface area contributed by atoms with Crippen LogP contribution in [0.3, 0.4) is 0 Å². The summed E-state index contributed by atoms with van der Waals surface area (Å²) >= 11 is 0. The van der Waals surface area contributed by atoms with E-state index >= 15 is 0 Å². The molecule has 0 saturated carbocycles. The molecule has 0 radical (unpaired) electrons. The van der Waals surface area contributed by atoms with Crippen LogP contribution in [-0.4, -0.2) is 12.6 Å². The van der Waals surface area contributed by atoms with Gasteiger partial charge in [0.05, 0.1) is 6.61 Å². The van der Waals surface area contributed by atoms with Crippen molar-refractivity contribution < 1.29 is 26.5 Å². The summed E-state index contributed by atoms with van der Waals surface area (Å²) in [5.41, 5.74) is 0.491. The predicted molar refractivity (Wildman–Crippen MR) is 136 cm³/mol. The SMILES string of the molecule is C=C(C)C(=O)OCCCCCCCCCCCCCCCCCCCC[n+]1ccccc1.[Cl-]. The van der Waals surface area contributed by atoms with Crippen LogP contribution in [-0.2, 0) is 16.1 Å². The van der Waals surface area contributed by atoms with E-state index in [1.165, 1.54) is 103 Å². The number of halogens is 1. The maximum atomic E-state index is 11.3. The second-order valence-electron chi connectivity index (χ2n) is 9.39. The molecule has 0 fully saturated rings. The molecule has 0 saturated heterocycles. The van der Waals surface area contributed by atoms with E-state index in [-0.39, 0.29) is 18.4 Å². The summed E-state index contributed by atoms with van der Waals surface area (Å²) in [7, 11) is 0. The minimum atomic E-state index is -0.255. The number of pyridine rings is 1. The van der Waals surface area contributed by atoms with Crippen LogP contribution >= 0.6 is 0 Å². The van der Waals surface area contributed by atoms with Gasteiger partial charge in [0.1, 0.15) is 6.54 Å². The smallest absolute Gasteiger partial charge is 0.333 e. The van der Waals surface area contributed by atoms with Gasteiger partial charge in [0.2, 0.25) is 0 Å². The standard InChI is InChI=1S/C29H50NO2.ClH/c1-28(2)29(31)32-27-23-18-16-14-12-10-8-6-4-3-5-7-9-11-13-15-17-20-24-30-25-21-19-22-26-30;/h19,21-22,25-26H,1,3-18,20,23-24,27H2,2H3;1H/q+1;/p-1. The lowest BCUT2D eigenvalue weighted by molar-refractivity contribution is -0.697. The summed E-state index contributed by atoms with van der Waals surface area (Å²) < 4.78 is 7.40. The Morgan fingerprint density at radius 3 is 1.39 bits per heavy atom. The lowest BCUT2D eigenvalue weighted by atomic mass is 10.0. The van der Waals surface area contributed by atoms with Gasteiger partial charge in [0.25, 0.3) is 0 Å². The largest absolute Gasteiger partial charge is 1.00 e. The van der Waals surface area contributed by atoms with Crippen molar-refractivity contribution in [3.8, 4) is 0 Å². The van der Waals surface area contributed by atoms with Crippen LogP contribution in [0, 0.1) is 0 Å². The maximum absolute atomic E-state index is 11.3. The molecule has 0 N–H and O–H groups in total. The number of hydrogen-bond acceptors (Lipinski definition) is 2. The Bertz CT molecular complexity index is 576. The highest BCUT2D eigenvalue weighted by Gasteiger charge is 2.02. The minimum absolute atomic E-state index is 0. The van der Waals surface area contributed by atoms with Crippen molar-refractivity contribution in [3.05, 3.63) is 42.7 Å². The number of aromatic nitrogens is 1. The molecule has 33 heavy (non-hydrogen) atoms. The fraction of sp³-hybridized carbons (Fsp3) is 0.724. The van der Waals surface area contributed by atoms with Gasteiger partial charge in [0.15, 0.2) is 12.4 Å². The number of carbonyl (C=O) groups excluding carboxylic acids is 1. The van der Waals surface area contributed by atoms with E-state index in [0.29, 0.717) is 12.2 Å². The molecule has 1 heterocycles. The van der Waals surface area contributed by atoms with Crippen molar-refractivity contribution in [1.82, 2.24) is 0 Å². The number of hydrogen-bond donors (Lipinski definition) is 0. The van der Waals surface area contributed by atoms with Crippen molar-refractivity contribution in [2.24, 2.45) is 0 Å². The Morgan fingerprint density at radius 2 is 1.00 bits per heavy atom. The molecule has 4 heteroatoms. The van der Waals surface area contributed by atoms with Crippen LogP contribution in [0.4, 0.5) is 0 Å². The van der Waals surface area contributed by atoms with Gasteiger partial charge in [-0.1, -0.05) is 109 Å². The van der Waals surface area contributed by atoms with Gasteiger partial charge in [-0.2, -0.15) is 0 Å². The molecular weight excluding hydrogens is 430 g/mol. The van der Waals surface area contributed by atoms with E-state index < -0.39 is 0 Å². The first-order chi connectivity index (χ1) is 15.7. The Morgan fingerprint density at radius 1 is 0.636 bits per heavy atom. The summed E-state index contributed by atoms with van der Waals surface area (Å²) in [6.07, 6.45) is 28.7. The van der Waals surface area contributed by atoms with E-state index in [4.69, 9.17) is 4.74 Å². The molecule has 0 aliphatic heterocycles. The molecule has 1 aromatic heterocycles. The number of nitrogens with zero attached hydrogens (tertiary/aromatic N) is 1. The average Bonchev–Trinajstić information content (AvgIpc) is 2.80. The van der Waals surface area contributed by atoms with Gasteiger partial charge < -0.3 is 17.1 Å². The number of ether oxygens (including phenoxy) is 1. The zero-order chi connectivity index (χ0) is 23.1. The number of carbonyl (C=O) groups is 1. The topological polar surface area (TPSA) is 30.2 Å². The van der Waals surface area contributed by atoms with Crippen LogP contribution in [0.25, 0.3) is 0 Å². The lowest BCUT2D eigenvalue weighted by Crippen LogP contribution is -3.00. The maximum Gasteiger partial charge on any atom is 0.333 e. The molecule has 1 rings (SSSR count). The summed E-state index contributed by atoms with van der Waals surface area (Å²) in [4.78, 5) is 11.3. The van der Waals surface area contributed by atoms with Crippen molar-refractivity contribution in [2.45, 2.75) is 129 Å². The Labute approximate surface area is 210 Å². The highest BCUT2D eigenvalue weighted by molar-refractivity contribution is 5.86. The fourth-order valence-corrected chi connectivity index (χ4v) is 4.10. The molecule has 1 aromatic rings. The third-order valence-electron chi connectivity index (χ3n) is 6.17. The van der Waals surface area contributed by atoms with E-state index in [0.717, 1.165) is 19.4 Å². The Kier molecular flexibility index (Phi) is 22.8. The summed E-state index contributed by atoms with van der Waals surface area (Å²) in [6.45, 7) is 6.99. The summed E-state index contributed by atoms with van der Waals surface area (Å²) in [5, 5.41) is 0. The minimum Gasteiger partial charge on any atom is -1.00 e. The zero-order valence-corrected chi connectivity index (χ0v) is 22.1. The fourth-order valence-electron chi connectivity index (χ4n) is 4.10. The van der Waals surface area contributed by atoms with Crippen LogP contribution < -0.4 is 17.0 Å². The quantitative estimate of drug-likeness (QED) is 0.0999. The normalized spacial score (nSPS) is 10.6. The summed E-state index contributed by atoms with van der Waals surface area (Å²) in [6, 6.07) is 6.30. The molecule has 3 nitrogen and oxygen atoms in total. The third kappa shape index (κ3) is 21.0. The molecule has 0 unspecified atom stereocenters. The molecule has 0 atom stereocenters. The van der Waals surface area contributed by atoms with Crippen molar-refractivity contribution in [1.29, 1.82) is 0 Å². The number of rotatable bonds is 22. The predicted octanol–water partition coefficient (Wildman–Crippen LogP) is 5.12. The van der Waals surface area contributed by atoms with Crippen LogP contribution in [0.5, 0.6) is 0 Å². The summed E-state index contributed by atoms with van der Waals surface area (Å²) in [5.74, 6) is -0.255. The van der Waals surface area contributed by atoms with Gasteiger partial charge >= 0.3 is 5.97 Å². The lowest BCUT2D eigenvalue weighted by Gasteiger charge is -2.05. The van der Waals surface area contributed by atoms with Gasteiger partial charge in [-0.25, -0.2) is 9.36 Å². The highest BCUT2D eigenvalue weighted by Crippen LogP contribution is 2.14. The van der Waals surface area contributed by atoms with Crippen LogP contribution in [0.1, 0.15) is 122 Å². The second kappa shape index (κ2) is 23.8. The monoisotopic (exact) mass is 479 g/mol.